The molecule has 0 heterocycles. The number of carbonyl (C=O) groups is 2. The summed E-state index contributed by atoms with van der Waals surface area (Å²) in [5.41, 5.74) is -0.0620. The molecule has 0 aliphatic heterocycles. The van der Waals surface area contributed by atoms with E-state index in [0.29, 0.717) is 5.56 Å². The van der Waals surface area contributed by atoms with Crippen LogP contribution in [0.15, 0.2) is 23.8 Å². The number of Topliss-reactive ketones (excluding diaryl/α,β-unsaturated/α-hetero) is 1. The molecule has 0 atom stereocenters. The molecule has 0 radical (unpaired) electrons. The van der Waals surface area contributed by atoms with Crippen molar-refractivity contribution in [3.63, 3.8) is 0 Å². The maximum Gasteiger partial charge on any atom is 0.339 e. The molecule has 0 unspecified atom stereocenters. The van der Waals surface area contributed by atoms with Gasteiger partial charge in [0.15, 0.2) is 17.3 Å². The predicted octanol–water partition coefficient (Wildman–Crippen LogP) is 1.15. The number of carbonyl (C=O) groups excluding carboxylic acids is 1. The van der Waals surface area contributed by atoms with Crippen LogP contribution in [0.1, 0.15) is 12.5 Å². The van der Waals surface area contributed by atoms with Gasteiger partial charge in [-0.25, -0.2) is 4.79 Å². The number of phenolic OH excluding ortho intramolecular Hbond substituents is 2. The average Bonchev–Trinajstić information content (AvgIpc) is 2.18. The normalized spacial score (nSPS) is 11.2. The molecule has 16 heavy (non-hydrogen) atoms. The summed E-state index contributed by atoms with van der Waals surface area (Å²) in [6.45, 7) is 1.14. The van der Waals surface area contributed by atoms with Gasteiger partial charge in [0.05, 0.1) is 0 Å². The van der Waals surface area contributed by atoms with Crippen molar-refractivity contribution in [3.8, 4) is 11.5 Å². The smallest absolute Gasteiger partial charge is 0.339 e. The van der Waals surface area contributed by atoms with Crippen LogP contribution in [0.4, 0.5) is 0 Å². The highest BCUT2D eigenvalue weighted by Crippen LogP contribution is 2.25. The summed E-state index contributed by atoms with van der Waals surface area (Å²) in [5, 5.41) is 26.9. The van der Waals surface area contributed by atoms with Crippen LogP contribution in [0.5, 0.6) is 11.5 Å². The third kappa shape index (κ3) is 2.60. The molecule has 0 aliphatic carbocycles. The lowest BCUT2D eigenvalue weighted by molar-refractivity contribution is -0.134. The molecule has 0 amide bonds. The van der Waals surface area contributed by atoms with E-state index in [2.05, 4.69) is 0 Å². The van der Waals surface area contributed by atoms with Gasteiger partial charge in [0.1, 0.15) is 5.57 Å². The zero-order valence-electron chi connectivity index (χ0n) is 8.47. The average molecular weight is 222 g/mol. The second kappa shape index (κ2) is 4.48. The van der Waals surface area contributed by atoms with E-state index >= 15 is 0 Å². The Morgan fingerprint density at radius 1 is 1.19 bits per heavy atom. The highest BCUT2D eigenvalue weighted by molar-refractivity contribution is 6.19. The van der Waals surface area contributed by atoms with Crippen LogP contribution < -0.4 is 0 Å². The Morgan fingerprint density at radius 2 is 1.81 bits per heavy atom. The van der Waals surface area contributed by atoms with Crippen molar-refractivity contribution in [1.82, 2.24) is 0 Å². The topological polar surface area (TPSA) is 94.8 Å². The van der Waals surface area contributed by atoms with E-state index in [0.717, 1.165) is 13.0 Å². The molecule has 5 nitrogen and oxygen atoms in total. The minimum atomic E-state index is -1.33. The summed E-state index contributed by atoms with van der Waals surface area (Å²) in [5.74, 6) is -2.60. The number of ketones is 1. The minimum Gasteiger partial charge on any atom is -0.504 e. The van der Waals surface area contributed by atoms with Crippen LogP contribution in [0.3, 0.4) is 0 Å². The van der Waals surface area contributed by atoms with E-state index < -0.39 is 11.8 Å². The van der Waals surface area contributed by atoms with Crippen LogP contribution in [0.25, 0.3) is 6.08 Å². The quantitative estimate of drug-likeness (QED) is 0.308. The van der Waals surface area contributed by atoms with Gasteiger partial charge in [-0.2, -0.15) is 0 Å². The Morgan fingerprint density at radius 3 is 2.25 bits per heavy atom. The SMILES string of the molecule is CC(=O)/C(=C\c1ccc(O)c(O)c1)C(=O)O. The highest BCUT2D eigenvalue weighted by Gasteiger charge is 2.12. The summed E-state index contributed by atoms with van der Waals surface area (Å²) in [6, 6.07) is 3.77. The minimum absolute atomic E-state index is 0.308. The van der Waals surface area contributed by atoms with Crippen molar-refractivity contribution in [3.05, 3.63) is 29.3 Å². The van der Waals surface area contributed by atoms with Crippen LogP contribution in [0, 0.1) is 0 Å². The molecule has 0 spiro atoms. The van der Waals surface area contributed by atoms with Gasteiger partial charge in [0.25, 0.3) is 0 Å². The molecule has 0 saturated heterocycles. The second-order valence-corrected chi connectivity index (χ2v) is 3.17. The third-order valence-electron chi connectivity index (χ3n) is 1.92. The fourth-order valence-electron chi connectivity index (χ4n) is 1.11. The highest BCUT2D eigenvalue weighted by atomic mass is 16.4. The molecule has 3 N–H and O–H groups in total. The second-order valence-electron chi connectivity index (χ2n) is 3.17. The first-order chi connectivity index (χ1) is 7.41. The molecule has 5 heteroatoms. The van der Waals surface area contributed by atoms with E-state index in [1.807, 2.05) is 0 Å². The lowest BCUT2D eigenvalue weighted by Gasteiger charge is -2.00. The lowest BCUT2D eigenvalue weighted by Crippen LogP contribution is -2.08. The third-order valence-corrected chi connectivity index (χ3v) is 1.92. The number of carboxylic acid groups (broad SMARTS) is 1. The maximum atomic E-state index is 11.0. The first kappa shape index (κ1) is 11.8. The molecule has 0 saturated carbocycles. The lowest BCUT2D eigenvalue weighted by atomic mass is 10.1. The summed E-state index contributed by atoms with van der Waals surface area (Å²) < 4.78 is 0. The van der Waals surface area contributed by atoms with E-state index in [9.17, 15) is 14.7 Å². The standard InChI is InChI=1S/C11H10O5/c1-6(12)8(11(15)16)4-7-2-3-9(13)10(14)5-7/h2-5,13-14H,1H3,(H,15,16)/b8-4+. The molecule has 84 valence electrons. The molecule has 1 rings (SSSR count). The Labute approximate surface area is 91.3 Å². The van der Waals surface area contributed by atoms with Gasteiger partial charge in [-0.1, -0.05) is 6.07 Å². The van der Waals surface area contributed by atoms with Crippen molar-refractivity contribution in [1.29, 1.82) is 0 Å². The number of carboxylic acids is 1. The molecule has 0 aliphatic rings. The van der Waals surface area contributed by atoms with Crippen molar-refractivity contribution in [2.75, 3.05) is 0 Å². The van der Waals surface area contributed by atoms with Crippen LogP contribution in [-0.4, -0.2) is 27.1 Å². The largest absolute Gasteiger partial charge is 0.504 e. The Balaban J connectivity index is 3.18. The van der Waals surface area contributed by atoms with Crippen molar-refractivity contribution in [2.24, 2.45) is 0 Å². The van der Waals surface area contributed by atoms with Gasteiger partial charge in [0, 0.05) is 0 Å². The Hall–Kier alpha value is -2.30. The van der Waals surface area contributed by atoms with Gasteiger partial charge in [-0.05, 0) is 30.7 Å². The zero-order chi connectivity index (χ0) is 12.3. The zero-order valence-corrected chi connectivity index (χ0v) is 8.47. The summed E-state index contributed by atoms with van der Waals surface area (Å²) in [4.78, 5) is 21.7. The van der Waals surface area contributed by atoms with E-state index in [1.54, 1.807) is 0 Å². The predicted molar refractivity (Wildman–Crippen MR) is 56.1 cm³/mol. The van der Waals surface area contributed by atoms with Crippen molar-refractivity contribution in [2.45, 2.75) is 6.92 Å². The molecule has 0 aromatic heterocycles. The number of hydrogen-bond acceptors (Lipinski definition) is 4. The van der Waals surface area contributed by atoms with Crippen molar-refractivity contribution < 1.29 is 24.9 Å². The van der Waals surface area contributed by atoms with Gasteiger partial charge in [0.2, 0.25) is 0 Å². The fourth-order valence-corrected chi connectivity index (χ4v) is 1.11. The molecule has 0 fully saturated rings. The van der Waals surface area contributed by atoms with Gasteiger partial charge < -0.3 is 15.3 Å². The Kier molecular flexibility index (Phi) is 3.30. The van der Waals surface area contributed by atoms with Gasteiger partial charge >= 0.3 is 5.97 Å². The first-order valence-electron chi connectivity index (χ1n) is 4.39. The van der Waals surface area contributed by atoms with Crippen molar-refractivity contribution >= 4 is 17.8 Å². The molecular formula is C11H10O5. The monoisotopic (exact) mass is 222 g/mol. The fraction of sp³-hybridized carbons (Fsp3) is 0.0909. The summed E-state index contributed by atoms with van der Waals surface area (Å²) in [6.07, 6.45) is 1.13. The molecular weight excluding hydrogens is 212 g/mol. The van der Waals surface area contributed by atoms with E-state index in [4.69, 9.17) is 10.2 Å². The van der Waals surface area contributed by atoms with Crippen LogP contribution in [0.2, 0.25) is 0 Å². The van der Waals surface area contributed by atoms with E-state index in [1.165, 1.54) is 18.2 Å². The number of phenols is 2. The molecule has 1 aromatic carbocycles. The molecule has 1 aromatic rings. The van der Waals surface area contributed by atoms with Crippen LogP contribution in [-0.2, 0) is 9.59 Å². The first-order valence-corrected chi connectivity index (χ1v) is 4.39. The number of benzene rings is 1. The summed E-state index contributed by atoms with van der Waals surface area (Å²) in [7, 11) is 0. The van der Waals surface area contributed by atoms with Crippen LogP contribution >= 0.6 is 0 Å². The summed E-state index contributed by atoms with van der Waals surface area (Å²) >= 11 is 0. The number of aliphatic carboxylic acids is 1. The van der Waals surface area contributed by atoms with E-state index in [-0.39, 0.29) is 17.1 Å². The maximum absolute atomic E-state index is 11.0. The molecule has 0 bridgehead atoms. The number of aromatic hydroxyl groups is 2. The Bertz CT molecular complexity index is 457. The number of rotatable bonds is 3. The van der Waals surface area contributed by atoms with Gasteiger partial charge in [-0.3, -0.25) is 4.79 Å². The van der Waals surface area contributed by atoms with Gasteiger partial charge in [-0.15, -0.1) is 0 Å². The number of hydrogen-bond donors (Lipinski definition) is 3.